The van der Waals surface area contributed by atoms with Crippen LogP contribution in [0.2, 0.25) is 0 Å². The number of benzene rings is 2. The van der Waals surface area contributed by atoms with E-state index in [1.165, 1.54) is 24.9 Å². The van der Waals surface area contributed by atoms with Crippen molar-refractivity contribution in [2.75, 3.05) is 11.9 Å². The van der Waals surface area contributed by atoms with E-state index >= 15 is 0 Å². The van der Waals surface area contributed by atoms with Crippen molar-refractivity contribution in [1.82, 2.24) is 0 Å². The van der Waals surface area contributed by atoms with Crippen molar-refractivity contribution in [1.29, 1.82) is 0 Å². The SMILES string of the molecule is Cc1c(CO)cc([N+](=O)[O-])c(N(C)Cc2cc3ccccc3o2)c1[N+](=O)[O-]. The third kappa shape index (κ3) is 3.32. The first-order valence-corrected chi connectivity index (χ1v) is 8.08. The Labute approximate surface area is 153 Å². The van der Waals surface area contributed by atoms with Crippen LogP contribution in [0.5, 0.6) is 0 Å². The molecule has 1 aromatic heterocycles. The summed E-state index contributed by atoms with van der Waals surface area (Å²) in [5.74, 6) is 0.520. The van der Waals surface area contributed by atoms with Gasteiger partial charge in [0.15, 0.2) is 5.69 Å². The van der Waals surface area contributed by atoms with Gasteiger partial charge in [0.05, 0.1) is 23.0 Å². The maximum Gasteiger partial charge on any atom is 0.302 e. The van der Waals surface area contributed by atoms with E-state index in [2.05, 4.69) is 0 Å². The van der Waals surface area contributed by atoms with Crippen molar-refractivity contribution in [3.63, 3.8) is 0 Å². The Morgan fingerprint density at radius 1 is 1.15 bits per heavy atom. The average Bonchev–Trinajstić information content (AvgIpc) is 3.02. The summed E-state index contributed by atoms with van der Waals surface area (Å²) in [5, 5.41) is 33.4. The van der Waals surface area contributed by atoms with Crippen LogP contribution in [0.1, 0.15) is 16.9 Å². The first-order chi connectivity index (χ1) is 12.8. The molecule has 0 spiro atoms. The van der Waals surface area contributed by atoms with E-state index < -0.39 is 27.8 Å². The van der Waals surface area contributed by atoms with Gasteiger partial charge in [-0.1, -0.05) is 18.2 Å². The molecule has 1 N–H and O–H groups in total. The normalized spacial score (nSPS) is 10.9. The zero-order valence-corrected chi connectivity index (χ0v) is 14.7. The van der Waals surface area contributed by atoms with E-state index in [0.717, 1.165) is 5.39 Å². The number of fused-ring (bicyclic) bond motifs is 1. The van der Waals surface area contributed by atoms with Crippen LogP contribution in [-0.2, 0) is 13.2 Å². The van der Waals surface area contributed by atoms with Gasteiger partial charge in [0.2, 0.25) is 0 Å². The predicted molar refractivity (Wildman–Crippen MR) is 98.7 cm³/mol. The summed E-state index contributed by atoms with van der Waals surface area (Å²) in [5.41, 5.74) is 0.0486. The Bertz CT molecular complexity index is 1010. The molecule has 0 saturated heterocycles. The van der Waals surface area contributed by atoms with Crippen LogP contribution < -0.4 is 4.90 Å². The lowest BCUT2D eigenvalue weighted by atomic mass is 10.0. The molecule has 9 nitrogen and oxygen atoms in total. The number of nitro groups is 2. The molecule has 0 amide bonds. The van der Waals surface area contributed by atoms with Gasteiger partial charge in [-0.05, 0) is 24.6 Å². The molecule has 0 bridgehead atoms. The molecule has 2 aromatic carbocycles. The molecule has 0 fully saturated rings. The van der Waals surface area contributed by atoms with Crippen LogP contribution >= 0.6 is 0 Å². The average molecular weight is 371 g/mol. The van der Waals surface area contributed by atoms with Gasteiger partial charge < -0.3 is 14.4 Å². The molecule has 0 aliphatic rings. The number of nitro benzene ring substituents is 2. The molecule has 3 aromatic rings. The van der Waals surface area contributed by atoms with Crippen molar-refractivity contribution < 1.29 is 19.4 Å². The third-order valence-corrected chi connectivity index (χ3v) is 4.42. The summed E-state index contributed by atoms with van der Waals surface area (Å²) in [6.07, 6.45) is 0. The molecule has 0 saturated carbocycles. The molecule has 0 atom stereocenters. The van der Waals surface area contributed by atoms with E-state index in [0.29, 0.717) is 11.3 Å². The van der Waals surface area contributed by atoms with Gasteiger partial charge >= 0.3 is 5.69 Å². The molecule has 9 heteroatoms. The number of furan rings is 1. The Kier molecular flexibility index (Phi) is 4.78. The highest BCUT2D eigenvalue weighted by molar-refractivity contribution is 5.80. The highest BCUT2D eigenvalue weighted by Crippen LogP contribution is 2.42. The number of aliphatic hydroxyl groups excluding tert-OH is 1. The summed E-state index contributed by atoms with van der Waals surface area (Å²) in [4.78, 5) is 23.2. The van der Waals surface area contributed by atoms with Gasteiger partial charge in [0, 0.05) is 24.1 Å². The number of nitrogens with zero attached hydrogens (tertiary/aromatic N) is 3. The van der Waals surface area contributed by atoms with Gasteiger partial charge in [-0.2, -0.15) is 0 Å². The van der Waals surface area contributed by atoms with Gasteiger partial charge in [0.25, 0.3) is 5.69 Å². The van der Waals surface area contributed by atoms with Crippen LogP contribution in [0.3, 0.4) is 0 Å². The Morgan fingerprint density at radius 3 is 2.44 bits per heavy atom. The van der Waals surface area contributed by atoms with Crippen LogP contribution in [0, 0.1) is 27.2 Å². The number of hydrogen-bond acceptors (Lipinski definition) is 7. The lowest BCUT2D eigenvalue weighted by molar-refractivity contribution is -0.393. The Hall–Kier alpha value is -3.46. The largest absolute Gasteiger partial charge is 0.459 e. The van der Waals surface area contributed by atoms with Gasteiger partial charge in [-0.3, -0.25) is 20.2 Å². The van der Waals surface area contributed by atoms with E-state index in [1.54, 1.807) is 12.1 Å². The summed E-state index contributed by atoms with van der Waals surface area (Å²) < 4.78 is 5.71. The maximum atomic E-state index is 11.6. The maximum absolute atomic E-state index is 11.6. The topological polar surface area (TPSA) is 123 Å². The predicted octanol–water partition coefficient (Wildman–Crippen LogP) is 3.69. The Balaban J connectivity index is 2.11. The highest BCUT2D eigenvalue weighted by Gasteiger charge is 2.32. The van der Waals surface area contributed by atoms with Gasteiger partial charge in [-0.25, -0.2) is 0 Å². The first kappa shape index (κ1) is 18.3. The molecule has 140 valence electrons. The molecule has 0 unspecified atom stereocenters. The lowest BCUT2D eigenvalue weighted by Gasteiger charge is -2.19. The Morgan fingerprint density at radius 2 is 1.85 bits per heavy atom. The summed E-state index contributed by atoms with van der Waals surface area (Å²) in [6.45, 7) is 1.04. The van der Waals surface area contributed by atoms with E-state index in [9.17, 15) is 25.3 Å². The monoisotopic (exact) mass is 371 g/mol. The van der Waals surface area contributed by atoms with E-state index in [1.807, 2.05) is 18.2 Å². The minimum absolute atomic E-state index is 0.105. The second kappa shape index (κ2) is 7.04. The molecule has 0 aliphatic heterocycles. The molecule has 1 heterocycles. The van der Waals surface area contributed by atoms with Crippen LogP contribution in [0.25, 0.3) is 11.0 Å². The number of rotatable bonds is 6. The standard InChI is InChI=1S/C18H17N3O6/c1-11-13(10-22)8-15(20(23)24)18(17(11)21(25)26)19(2)9-14-7-12-5-3-4-6-16(12)27-14/h3-8,22H,9-10H2,1-2H3. The van der Waals surface area contributed by atoms with E-state index in [4.69, 9.17) is 4.42 Å². The van der Waals surface area contributed by atoms with Crippen molar-refractivity contribution >= 4 is 28.0 Å². The third-order valence-electron chi connectivity index (χ3n) is 4.42. The van der Waals surface area contributed by atoms with Crippen molar-refractivity contribution in [3.8, 4) is 0 Å². The van der Waals surface area contributed by atoms with Crippen molar-refractivity contribution in [2.24, 2.45) is 0 Å². The van der Waals surface area contributed by atoms with Crippen molar-refractivity contribution in [2.45, 2.75) is 20.1 Å². The molecule has 0 radical (unpaired) electrons. The van der Waals surface area contributed by atoms with Gasteiger partial charge in [0.1, 0.15) is 11.3 Å². The minimum atomic E-state index is -0.684. The molecular formula is C18H17N3O6. The van der Waals surface area contributed by atoms with E-state index in [-0.39, 0.29) is 23.4 Å². The zero-order valence-electron chi connectivity index (χ0n) is 14.7. The van der Waals surface area contributed by atoms with Crippen LogP contribution in [-0.4, -0.2) is 22.0 Å². The zero-order chi connectivity index (χ0) is 19.7. The summed E-state index contributed by atoms with van der Waals surface area (Å²) in [6, 6.07) is 10.3. The number of aliphatic hydroxyl groups is 1. The number of para-hydroxylation sites is 1. The lowest BCUT2D eigenvalue weighted by Crippen LogP contribution is -2.20. The number of anilines is 1. The van der Waals surface area contributed by atoms with Gasteiger partial charge in [-0.15, -0.1) is 0 Å². The summed E-state index contributed by atoms with van der Waals surface area (Å²) in [7, 11) is 1.53. The molecular weight excluding hydrogens is 354 g/mol. The highest BCUT2D eigenvalue weighted by atomic mass is 16.6. The van der Waals surface area contributed by atoms with Crippen molar-refractivity contribution in [3.05, 3.63) is 73.5 Å². The second-order valence-electron chi connectivity index (χ2n) is 6.16. The molecule has 0 aliphatic carbocycles. The smallest absolute Gasteiger partial charge is 0.302 e. The van der Waals surface area contributed by atoms with Crippen LogP contribution in [0.4, 0.5) is 17.1 Å². The quantitative estimate of drug-likeness (QED) is 0.518. The molecule has 27 heavy (non-hydrogen) atoms. The summed E-state index contributed by atoms with van der Waals surface area (Å²) >= 11 is 0. The number of hydrogen-bond donors (Lipinski definition) is 1. The fourth-order valence-electron chi connectivity index (χ4n) is 3.12. The molecule has 3 rings (SSSR count). The van der Waals surface area contributed by atoms with Crippen LogP contribution in [0.15, 0.2) is 40.8 Å². The fraction of sp³-hybridized carbons (Fsp3) is 0.222. The second-order valence-corrected chi connectivity index (χ2v) is 6.16. The first-order valence-electron chi connectivity index (χ1n) is 8.08. The fourth-order valence-corrected chi connectivity index (χ4v) is 3.12. The minimum Gasteiger partial charge on any atom is -0.459 e.